The number of hydrogen-bond donors (Lipinski definition) is 2. The number of carbonyl (C=O) groups excluding carboxylic acids is 1. The fourth-order valence-electron chi connectivity index (χ4n) is 4.87. The summed E-state index contributed by atoms with van der Waals surface area (Å²) in [5.41, 5.74) is 3.20. The summed E-state index contributed by atoms with van der Waals surface area (Å²) in [5.74, 6) is -2.09. The Labute approximate surface area is 212 Å². The molecule has 35 heavy (non-hydrogen) atoms. The molecule has 0 radical (unpaired) electrons. The highest BCUT2D eigenvalue weighted by Gasteiger charge is 2.44. The minimum atomic E-state index is -2.62. The molecule has 9 heteroatoms. The Hall–Kier alpha value is -2.07. The molecule has 0 spiro atoms. The number of aromatic nitrogens is 1. The number of anilines is 1. The summed E-state index contributed by atoms with van der Waals surface area (Å²) in [7, 11) is 0. The molecule has 186 valence electrons. The number of fused-ring (bicyclic) bond motifs is 1. The van der Waals surface area contributed by atoms with Gasteiger partial charge in [-0.2, -0.15) is 0 Å². The SMILES string of the molecule is O=C(c1cccc(SN2CC(F)(F)C2)c1)c1cn(C2CCCCC2)c2cc(NSCCO)ccc12. The van der Waals surface area contributed by atoms with Crippen LogP contribution in [0, 0.1) is 0 Å². The maximum atomic E-state index is 13.7. The Morgan fingerprint density at radius 2 is 1.91 bits per heavy atom. The van der Waals surface area contributed by atoms with Crippen LogP contribution in [0.2, 0.25) is 0 Å². The Morgan fingerprint density at radius 3 is 2.66 bits per heavy atom. The molecule has 0 atom stereocenters. The van der Waals surface area contributed by atoms with Gasteiger partial charge in [-0.05, 0) is 49.1 Å². The normalized spacial score (nSPS) is 18.5. The van der Waals surface area contributed by atoms with Crippen molar-refractivity contribution in [3.8, 4) is 0 Å². The van der Waals surface area contributed by atoms with Crippen molar-refractivity contribution < 1.29 is 18.7 Å². The van der Waals surface area contributed by atoms with E-state index in [-0.39, 0.29) is 25.5 Å². The quantitative estimate of drug-likeness (QED) is 0.195. The van der Waals surface area contributed by atoms with Gasteiger partial charge in [-0.3, -0.25) is 4.79 Å². The van der Waals surface area contributed by atoms with Gasteiger partial charge in [0.1, 0.15) is 0 Å². The van der Waals surface area contributed by atoms with Crippen LogP contribution in [-0.2, 0) is 0 Å². The van der Waals surface area contributed by atoms with Crippen molar-refractivity contribution in [3.05, 3.63) is 59.8 Å². The first-order valence-electron chi connectivity index (χ1n) is 12.0. The van der Waals surface area contributed by atoms with Gasteiger partial charge in [0, 0.05) is 45.1 Å². The number of alkyl halides is 2. The standard InChI is InChI=1S/C26H29F2N3O2S2/c27-26(28)16-30(17-26)35-21-8-4-5-18(13-21)25(33)23-15-31(20-6-2-1-3-7-20)24-14-19(9-10-22(23)24)29-34-12-11-32/h4-5,8-10,13-15,20,29,32H,1-3,6-7,11-12,16-17H2. The zero-order chi connectivity index (χ0) is 24.4. The van der Waals surface area contributed by atoms with Crippen molar-refractivity contribution in [3.63, 3.8) is 0 Å². The highest BCUT2D eigenvalue weighted by Crippen LogP contribution is 2.38. The van der Waals surface area contributed by atoms with E-state index in [4.69, 9.17) is 5.11 Å². The van der Waals surface area contributed by atoms with E-state index in [0.29, 0.717) is 22.9 Å². The molecule has 5 nitrogen and oxygen atoms in total. The van der Waals surface area contributed by atoms with Gasteiger partial charge in [0.05, 0.1) is 25.2 Å². The monoisotopic (exact) mass is 517 g/mol. The lowest BCUT2D eigenvalue weighted by molar-refractivity contribution is -0.0905. The van der Waals surface area contributed by atoms with E-state index in [2.05, 4.69) is 15.4 Å². The topological polar surface area (TPSA) is 57.5 Å². The Bertz CT molecular complexity index is 1200. The van der Waals surface area contributed by atoms with Gasteiger partial charge in [-0.15, -0.1) is 0 Å². The molecule has 2 aromatic carbocycles. The number of halogens is 2. The molecular formula is C26H29F2N3O2S2. The van der Waals surface area contributed by atoms with E-state index in [0.717, 1.165) is 34.3 Å². The maximum Gasteiger partial charge on any atom is 0.274 e. The first kappa shape index (κ1) is 24.6. The number of aliphatic hydroxyl groups is 1. The first-order valence-corrected chi connectivity index (χ1v) is 13.8. The molecule has 0 amide bonds. The predicted molar refractivity (Wildman–Crippen MR) is 139 cm³/mol. The summed E-state index contributed by atoms with van der Waals surface area (Å²) in [6, 6.07) is 13.7. The average molecular weight is 518 g/mol. The van der Waals surface area contributed by atoms with Crippen molar-refractivity contribution in [1.82, 2.24) is 8.87 Å². The molecule has 1 saturated heterocycles. The van der Waals surface area contributed by atoms with Gasteiger partial charge in [0.2, 0.25) is 0 Å². The van der Waals surface area contributed by atoms with Gasteiger partial charge < -0.3 is 14.4 Å². The minimum Gasteiger partial charge on any atom is -0.395 e. The van der Waals surface area contributed by atoms with E-state index in [9.17, 15) is 13.6 Å². The van der Waals surface area contributed by atoms with E-state index >= 15 is 0 Å². The number of benzene rings is 2. The van der Waals surface area contributed by atoms with Gasteiger partial charge in [0.25, 0.3) is 5.92 Å². The second kappa shape index (κ2) is 10.5. The van der Waals surface area contributed by atoms with Crippen molar-refractivity contribution in [2.75, 3.05) is 30.2 Å². The molecule has 1 aromatic heterocycles. The molecule has 2 aliphatic rings. The third-order valence-corrected chi connectivity index (χ3v) is 8.32. The summed E-state index contributed by atoms with van der Waals surface area (Å²) in [5, 5.41) is 9.99. The molecule has 0 bridgehead atoms. The van der Waals surface area contributed by atoms with Crippen molar-refractivity contribution in [2.45, 2.75) is 49.0 Å². The van der Waals surface area contributed by atoms with E-state index in [1.165, 1.54) is 43.2 Å². The van der Waals surface area contributed by atoms with Crippen LogP contribution in [-0.4, -0.2) is 51.1 Å². The number of rotatable bonds is 9. The highest BCUT2D eigenvalue weighted by atomic mass is 32.2. The lowest BCUT2D eigenvalue weighted by Crippen LogP contribution is -2.52. The number of hydrogen-bond acceptors (Lipinski definition) is 6. The number of ketones is 1. The summed E-state index contributed by atoms with van der Waals surface area (Å²) in [4.78, 5) is 14.5. The molecule has 2 fully saturated rings. The van der Waals surface area contributed by atoms with E-state index in [1.54, 1.807) is 16.4 Å². The van der Waals surface area contributed by atoms with E-state index < -0.39 is 5.92 Å². The van der Waals surface area contributed by atoms with Crippen LogP contribution in [0.4, 0.5) is 14.5 Å². The van der Waals surface area contributed by atoms with Crippen LogP contribution in [0.1, 0.15) is 54.1 Å². The zero-order valence-corrected chi connectivity index (χ0v) is 21.0. The van der Waals surface area contributed by atoms with Crippen molar-refractivity contribution >= 4 is 46.3 Å². The van der Waals surface area contributed by atoms with Crippen LogP contribution in [0.5, 0.6) is 0 Å². The summed E-state index contributed by atoms with van der Waals surface area (Å²) in [6.45, 7) is -0.427. The highest BCUT2D eigenvalue weighted by molar-refractivity contribution is 8.00. The van der Waals surface area contributed by atoms with Gasteiger partial charge in [-0.1, -0.05) is 49.4 Å². The Balaban J connectivity index is 1.45. The summed E-state index contributed by atoms with van der Waals surface area (Å²) >= 11 is 2.72. The second-order valence-corrected chi connectivity index (χ2v) is 11.3. The second-order valence-electron chi connectivity index (χ2n) is 9.25. The molecule has 1 aliphatic heterocycles. The summed E-state index contributed by atoms with van der Waals surface area (Å²) < 4.78 is 33.6. The van der Waals surface area contributed by atoms with Crippen LogP contribution >= 0.6 is 23.9 Å². The van der Waals surface area contributed by atoms with Gasteiger partial charge in [-0.25, -0.2) is 13.1 Å². The lowest BCUT2D eigenvalue weighted by atomic mass is 9.95. The maximum absolute atomic E-state index is 13.7. The number of nitrogens with zero attached hydrogens (tertiary/aromatic N) is 2. The van der Waals surface area contributed by atoms with Crippen LogP contribution < -0.4 is 4.72 Å². The third kappa shape index (κ3) is 5.53. The Morgan fingerprint density at radius 1 is 1.11 bits per heavy atom. The summed E-state index contributed by atoms with van der Waals surface area (Å²) in [6.07, 6.45) is 7.82. The molecule has 5 rings (SSSR count). The zero-order valence-electron chi connectivity index (χ0n) is 19.4. The molecule has 1 aliphatic carbocycles. The van der Waals surface area contributed by atoms with E-state index in [1.807, 2.05) is 30.5 Å². The molecule has 2 N–H and O–H groups in total. The number of carbonyl (C=O) groups is 1. The largest absolute Gasteiger partial charge is 0.395 e. The minimum absolute atomic E-state index is 0.0590. The smallest absolute Gasteiger partial charge is 0.274 e. The lowest BCUT2D eigenvalue weighted by Gasteiger charge is -2.37. The molecule has 0 unspecified atom stereocenters. The molecule has 3 aromatic rings. The first-order chi connectivity index (χ1) is 16.9. The Kier molecular flexibility index (Phi) is 7.39. The van der Waals surface area contributed by atoms with Gasteiger partial charge in [0.15, 0.2) is 5.78 Å². The predicted octanol–water partition coefficient (Wildman–Crippen LogP) is 6.39. The van der Waals surface area contributed by atoms with Crippen LogP contribution in [0.15, 0.2) is 53.6 Å². The molecule has 2 heterocycles. The number of aliphatic hydroxyl groups excluding tert-OH is 1. The van der Waals surface area contributed by atoms with Gasteiger partial charge >= 0.3 is 0 Å². The average Bonchev–Trinajstić information content (AvgIpc) is 3.22. The van der Waals surface area contributed by atoms with Crippen molar-refractivity contribution in [1.29, 1.82) is 0 Å². The van der Waals surface area contributed by atoms with Crippen molar-refractivity contribution in [2.24, 2.45) is 0 Å². The molecule has 1 saturated carbocycles. The van der Waals surface area contributed by atoms with Crippen LogP contribution in [0.25, 0.3) is 10.9 Å². The fourth-order valence-corrected chi connectivity index (χ4v) is 6.48. The van der Waals surface area contributed by atoms with Crippen LogP contribution in [0.3, 0.4) is 0 Å². The number of nitrogens with one attached hydrogen (secondary N) is 1. The fraction of sp³-hybridized carbons (Fsp3) is 0.423. The molecular weight excluding hydrogens is 488 g/mol. The third-order valence-electron chi connectivity index (χ3n) is 6.58.